The van der Waals surface area contributed by atoms with Crippen LogP contribution in [0, 0.1) is 11.8 Å². The summed E-state index contributed by atoms with van der Waals surface area (Å²) in [5, 5.41) is -0.137. The first kappa shape index (κ1) is 17.9. The maximum absolute atomic E-state index is 12.0. The average Bonchev–Trinajstić information content (AvgIpc) is 3.31. The van der Waals surface area contributed by atoms with E-state index in [1.54, 1.807) is 0 Å². The van der Waals surface area contributed by atoms with Crippen LogP contribution in [0.3, 0.4) is 0 Å². The fourth-order valence-corrected chi connectivity index (χ4v) is 4.64. The quantitative estimate of drug-likeness (QED) is 0.530. The number of hydrogen-bond acceptors (Lipinski definition) is 4. The van der Waals surface area contributed by atoms with Crippen molar-refractivity contribution in [2.75, 3.05) is 0 Å². The van der Waals surface area contributed by atoms with E-state index in [4.69, 9.17) is 16.3 Å². The van der Waals surface area contributed by atoms with Crippen LogP contribution in [0.15, 0.2) is 4.99 Å². The lowest BCUT2D eigenvalue weighted by molar-refractivity contribution is -0.140. The third-order valence-corrected chi connectivity index (χ3v) is 6.27. The number of carbonyl (C=O) groups is 2. The van der Waals surface area contributed by atoms with E-state index < -0.39 is 5.54 Å². The summed E-state index contributed by atoms with van der Waals surface area (Å²) in [5.41, 5.74) is -0.462. The molecular formula is C19H28ClNO3. The van der Waals surface area contributed by atoms with E-state index in [9.17, 15) is 9.59 Å². The van der Waals surface area contributed by atoms with E-state index in [2.05, 4.69) is 4.99 Å². The lowest BCUT2D eigenvalue weighted by atomic mass is 9.82. The van der Waals surface area contributed by atoms with Crippen molar-refractivity contribution in [3.05, 3.63) is 0 Å². The zero-order chi connectivity index (χ0) is 17.0. The van der Waals surface area contributed by atoms with Gasteiger partial charge < -0.3 is 4.74 Å². The van der Waals surface area contributed by atoms with Gasteiger partial charge in [-0.05, 0) is 50.1 Å². The molecule has 3 fully saturated rings. The van der Waals surface area contributed by atoms with Gasteiger partial charge in [0.1, 0.15) is 0 Å². The van der Waals surface area contributed by atoms with Crippen molar-refractivity contribution in [1.29, 1.82) is 0 Å². The van der Waals surface area contributed by atoms with Crippen molar-refractivity contribution in [3.63, 3.8) is 0 Å². The van der Waals surface area contributed by atoms with Crippen molar-refractivity contribution in [2.24, 2.45) is 16.8 Å². The summed E-state index contributed by atoms with van der Waals surface area (Å²) in [5.74, 6) is 1.33. The number of hydrogen-bond donors (Lipinski definition) is 0. The molecule has 1 heterocycles. The molecule has 24 heavy (non-hydrogen) atoms. The number of carbonyl (C=O) groups excluding carboxylic acids is 2. The number of esters is 1. The molecule has 0 radical (unpaired) electrons. The van der Waals surface area contributed by atoms with Crippen LogP contribution >= 0.6 is 11.6 Å². The third kappa shape index (κ3) is 4.01. The Hall–Kier alpha value is -0.900. The Kier molecular flexibility index (Phi) is 5.96. The van der Waals surface area contributed by atoms with Crippen LogP contribution < -0.4 is 0 Å². The number of ether oxygens (including phenoxy) is 1. The van der Waals surface area contributed by atoms with Crippen molar-refractivity contribution in [1.82, 2.24) is 0 Å². The van der Waals surface area contributed by atoms with Gasteiger partial charge in [0.25, 0.3) is 0 Å². The molecule has 0 aromatic rings. The smallest absolute Gasteiger partial charge is 0.340 e. The standard InChI is InChI=1S/C13H19NO2.C6H9ClO/c15-12-13(8-4-1-5-9-13)14-11(16-12)10-6-2-3-7-10;7-6(8)5-3-1-2-4-5/h10H,1-9H2;5H,1-4H2. The third-order valence-electron chi connectivity index (χ3n) is 5.96. The fourth-order valence-electron chi connectivity index (χ4n) is 4.42. The molecule has 134 valence electrons. The molecule has 0 unspecified atom stereocenters. The van der Waals surface area contributed by atoms with Crippen molar-refractivity contribution in [3.8, 4) is 0 Å². The Morgan fingerprint density at radius 1 is 0.958 bits per heavy atom. The summed E-state index contributed by atoms with van der Waals surface area (Å²) >= 11 is 5.25. The first-order chi connectivity index (χ1) is 11.6. The second kappa shape index (κ2) is 7.99. The predicted molar refractivity (Wildman–Crippen MR) is 94.1 cm³/mol. The number of nitrogens with zero attached hydrogens (tertiary/aromatic N) is 1. The minimum absolute atomic E-state index is 0.0610. The van der Waals surface area contributed by atoms with Crippen molar-refractivity contribution >= 4 is 28.7 Å². The Balaban J connectivity index is 0.000000179. The normalized spacial score (nSPS) is 26.9. The largest absolute Gasteiger partial charge is 0.410 e. The summed E-state index contributed by atoms with van der Waals surface area (Å²) < 4.78 is 5.45. The number of cyclic esters (lactones) is 1. The molecule has 5 heteroatoms. The van der Waals surface area contributed by atoms with Crippen LogP contribution in [0.5, 0.6) is 0 Å². The van der Waals surface area contributed by atoms with E-state index in [0.717, 1.165) is 57.3 Å². The van der Waals surface area contributed by atoms with Gasteiger partial charge in [-0.1, -0.05) is 44.9 Å². The summed E-state index contributed by atoms with van der Waals surface area (Å²) in [4.78, 5) is 27.1. The number of aliphatic imine (C=N–C) groups is 1. The maximum atomic E-state index is 12.0. The molecular weight excluding hydrogens is 326 g/mol. The summed E-state index contributed by atoms with van der Waals surface area (Å²) in [6, 6.07) is 0. The Morgan fingerprint density at radius 2 is 1.54 bits per heavy atom. The average molecular weight is 354 g/mol. The monoisotopic (exact) mass is 353 g/mol. The fraction of sp³-hybridized carbons (Fsp3) is 0.842. The zero-order valence-electron chi connectivity index (χ0n) is 14.4. The van der Waals surface area contributed by atoms with Gasteiger partial charge in [-0.15, -0.1) is 0 Å². The molecule has 0 aromatic heterocycles. The van der Waals surface area contributed by atoms with Crippen LogP contribution in [0.2, 0.25) is 0 Å². The molecule has 4 rings (SSSR count). The highest BCUT2D eigenvalue weighted by molar-refractivity contribution is 6.64. The maximum Gasteiger partial charge on any atom is 0.340 e. The molecule has 0 aromatic carbocycles. The van der Waals surface area contributed by atoms with Gasteiger partial charge in [0.15, 0.2) is 11.4 Å². The summed E-state index contributed by atoms with van der Waals surface area (Å²) in [7, 11) is 0. The molecule has 0 saturated heterocycles. The highest BCUT2D eigenvalue weighted by Crippen LogP contribution is 2.39. The number of rotatable bonds is 2. The lowest BCUT2D eigenvalue weighted by Crippen LogP contribution is -2.35. The molecule has 3 aliphatic carbocycles. The molecule has 0 atom stereocenters. The van der Waals surface area contributed by atoms with Crippen LogP contribution in [0.1, 0.15) is 83.5 Å². The molecule has 4 nitrogen and oxygen atoms in total. The Morgan fingerprint density at radius 3 is 2.08 bits per heavy atom. The van der Waals surface area contributed by atoms with Crippen LogP contribution in [0.4, 0.5) is 0 Å². The van der Waals surface area contributed by atoms with Gasteiger partial charge in [0.2, 0.25) is 5.24 Å². The van der Waals surface area contributed by atoms with E-state index in [1.807, 2.05) is 0 Å². The summed E-state index contributed by atoms with van der Waals surface area (Å²) in [6.07, 6.45) is 14.5. The van der Waals surface area contributed by atoms with Gasteiger partial charge in [0, 0.05) is 11.8 Å². The SMILES string of the molecule is O=C(Cl)C1CCCC1.O=C1OC(C2CCCC2)=NC12CCCCC2. The Labute approximate surface area is 149 Å². The van der Waals surface area contributed by atoms with Crippen molar-refractivity contribution in [2.45, 2.75) is 89.0 Å². The molecule has 3 saturated carbocycles. The molecule has 0 N–H and O–H groups in total. The molecule has 1 spiro atoms. The van der Waals surface area contributed by atoms with Gasteiger partial charge >= 0.3 is 5.97 Å². The molecule has 0 amide bonds. The van der Waals surface area contributed by atoms with Crippen LogP contribution in [0.25, 0.3) is 0 Å². The van der Waals surface area contributed by atoms with E-state index in [1.165, 1.54) is 32.1 Å². The first-order valence-corrected chi connectivity index (χ1v) is 10.00. The number of halogens is 1. The van der Waals surface area contributed by atoms with Gasteiger partial charge in [-0.25, -0.2) is 9.79 Å². The molecule has 4 aliphatic rings. The van der Waals surface area contributed by atoms with Gasteiger partial charge in [-0.3, -0.25) is 4.79 Å². The van der Waals surface area contributed by atoms with E-state index in [0.29, 0.717) is 5.92 Å². The first-order valence-electron chi connectivity index (χ1n) is 9.62. The van der Waals surface area contributed by atoms with Crippen LogP contribution in [-0.4, -0.2) is 22.6 Å². The molecule has 0 bridgehead atoms. The zero-order valence-corrected chi connectivity index (χ0v) is 15.2. The van der Waals surface area contributed by atoms with E-state index in [-0.39, 0.29) is 17.1 Å². The second-order valence-corrected chi connectivity index (χ2v) is 8.07. The highest BCUT2D eigenvalue weighted by atomic mass is 35.5. The minimum Gasteiger partial charge on any atom is -0.410 e. The molecule has 1 aliphatic heterocycles. The van der Waals surface area contributed by atoms with E-state index >= 15 is 0 Å². The van der Waals surface area contributed by atoms with Gasteiger partial charge in [-0.2, -0.15) is 0 Å². The second-order valence-electron chi connectivity index (χ2n) is 7.70. The van der Waals surface area contributed by atoms with Crippen LogP contribution in [-0.2, 0) is 14.3 Å². The van der Waals surface area contributed by atoms with Crippen molar-refractivity contribution < 1.29 is 14.3 Å². The topological polar surface area (TPSA) is 55.7 Å². The highest BCUT2D eigenvalue weighted by Gasteiger charge is 2.47. The lowest BCUT2D eigenvalue weighted by Gasteiger charge is -2.25. The minimum atomic E-state index is -0.462. The van der Waals surface area contributed by atoms with Gasteiger partial charge in [0.05, 0.1) is 0 Å². The summed E-state index contributed by atoms with van der Waals surface area (Å²) in [6.45, 7) is 0. The predicted octanol–water partition coefficient (Wildman–Crippen LogP) is 4.78. The Bertz CT molecular complexity index is 499.